The van der Waals surface area contributed by atoms with Gasteiger partial charge in [-0.1, -0.05) is 18.2 Å². The van der Waals surface area contributed by atoms with E-state index in [-0.39, 0.29) is 6.42 Å². The molecule has 0 saturated heterocycles. The Bertz CT molecular complexity index is 1090. The Morgan fingerprint density at radius 3 is 2.19 bits per heavy atom. The SMILES string of the molecule is CSCCC(N)C(=O)NC(C(=O)NC(Cc1c[nH]c2ccccc12)C(=O)NC(C(=O)O)C(C)O)C(C)O. The number of para-hydroxylation sites is 1. The Morgan fingerprint density at radius 1 is 0.973 bits per heavy atom. The lowest BCUT2D eigenvalue weighted by molar-refractivity contribution is -0.145. The van der Waals surface area contributed by atoms with Crippen LogP contribution in [0.3, 0.4) is 0 Å². The smallest absolute Gasteiger partial charge is 0.328 e. The molecule has 6 unspecified atom stereocenters. The first-order chi connectivity index (χ1) is 17.5. The van der Waals surface area contributed by atoms with Gasteiger partial charge in [0.25, 0.3) is 0 Å². The highest BCUT2D eigenvalue weighted by atomic mass is 32.2. The number of nitrogens with one attached hydrogen (secondary N) is 4. The van der Waals surface area contributed by atoms with Gasteiger partial charge < -0.3 is 42.0 Å². The van der Waals surface area contributed by atoms with Crippen LogP contribution in [0, 0.1) is 0 Å². The Hall–Kier alpha value is -3.13. The molecule has 13 heteroatoms. The third-order valence-electron chi connectivity index (χ3n) is 5.81. The van der Waals surface area contributed by atoms with Crippen molar-refractivity contribution in [1.29, 1.82) is 0 Å². The zero-order chi connectivity index (χ0) is 27.7. The van der Waals surface area contributed by atoms with E-state index in [9.17, 15) is 34.5 Å². The number of aliphatic hydroxyl groups excluding tert-OH is 2. The van der Waals surface area contributed by atoms with Gasteiger partial charge in [-0.15, -0.1) is 0 Å². The molecule has 6 atom stereocenters. The van der Waals surface area contributed by atoms with Gasteiger partial charge >= 0.3 is 5.97 Å². The summed E-state index contributed by atoms with van der Waals surface area (Å²) in [4.78, 5) is 53.3. The highest BCUT2D eigenvalue weighted by molar-refractivity contribution is 7.98. The number of carboxylic acid groups (broad SMARTS) is 1. The number of amides is 3. The van der Waals surface area contributed by atoms with E-state index in [1.807, 2.05) is 24.5 Å². The second-order valence-electron chi connectivity index (χ2n) is 8.80. The lowest BCUT2D eigenvalue weighted by Gasteiger charge is -2.27. The van der Waals surface area contributed by atoms with Gasteiger partial charge in [0.15, 0.2) is 6.04 Å². The minimum atomic E-state index is -1.61. The van der Waals surface area contributed by atoms with E-state index in [1.54, 1.807) is 12.3 Å². The molecule has 2 rings (SSSR count). The molecule has 3 amide bonds. The maximum atomic E-state index is 13.1. The number of fused-ring (bicyclic) bond motifs is 1. The highest BCUT2D eigenvalue weighted by Crippen LogP contribution is 2.19. The maximum absolute atomic E-state index is 13.1. The van der Waals surface area contributed by atoms with Crippen molar-refractivity contribution in [3.05, 3.63) is 36.0 Å². The normalized spacial score (nSPS) is 16.2. The summed E-state index contributed by atoms with van der Waals surface area (Å²) in [6.07, 6.45) is 1.13. The molecule has 1 heterocycles. The number of aromatic amines is 1. The summed E-state index contributed by atoms with van der Waals surface area (Å²) in [7, 11) is 0. The van der Waals surface area contributed by atoms with E-state index < -0.39 is 60.1 Å². The van der Waals surface area contributed by atoms with Crippen molar-refractivity contribution in [2.45, 2.75) is 63.1 Å². The summed E-state index contributed by atoms with van der Waals surface area (Å²) in [6, 6.07) is 2.07. The average Bonchev–Trinajstić information content (AvgIpc) is 3.25. The molecular weight excluding hydrogens is 502 g/mol. The number of aromatic nitrogens is 1. The molecule has 1 aromatic heterocycles. The summed E-state index contributed by atoms with van der Waals surface area (Å²) >= 11 is 1.51. The molecule has 0 saturated carbocycles. The van der Waals surface area contributed by atoms with Crippen molar-refractivity contribution in [3.8, 4) is 0 Å². The number of H-pyrrole nitrogens is 1. The van der Waals surface area contributed by atoms with Crippen LogP contribution in [0.2, 0.25) is 0 Å². The number of hydrogen-bond acceptors (Lipinski definition) is 8. The largest absolute Gasteiger partial charge is 0.480 e. The van der Waals surface area contributed by atoms with Crippen molar-refractivity contribution in [3.63, 3.8) is 0 Å². The molecular formula is C24H35N5O7S. The van der Waals surface area contributed by atoms with Crippen molar-refractivity contribution in [2.24, 2.45) is 5.73 Å². The van der Waals surface area contributed by atoms with E-state index in [4.69, 9.17) is 5.73 Å². The number of hydrogen-bond donors (Lipinski definition) is 8. The van der Waals surface area contributed by atoms with Gasteiger partial charge in [0.2, 0.25) is 17.7 Å². The first-order valence-corrected chi connectivity index (χ1v) is 13.1. The number of thioether (sulfide) groups is 1. The Labute approximate surface area is 218 Å². The number of rotatable bonds is 14. The van der Waals surface area contributed by atoms with Crippen LogP contribution in [0.4, 0.5) is 0 Å². The lowest BCUT2D eigenvalue weighted by atomic mass is 10.0. The van der Waals surface area contributed by atoms with Crippen LogP contribution in [0.25, 0.3) is 10.9 Å². The Kier molecular flexibility index (Phi) is 11.4. The van der Waals surface area contributed by atoms with Crippen LogP contribution in [0.15, 0.2) is 30.5 Å². The quantitative estimate of drug-likeness (QED) is 0.150. The summed E-state index contributed by atoms with van der Waals surface area (Å²) < 4.78 is 0. The lowest BCUT2D eigenvalue weighted by Crippen LogP contribution is -2.60. The fourth-order valence-electron chi connectivity index (χ4n) is 3.68. The van der Waals surface area contributed by atoms with Crippen molar-refractivity contribution in [2.75, 3.05) is 12.0 Å². The number of carbonyl (C=O) groups excluding carboxylic acids is 3. The Balaban J connectivity index is 2.29. The summed E-state index contributed by atoms with van der Waals surface area (Å²) in [5.74, 6) is -3.17. The van der Waals surface area contributed by atoms with Crippen LogP contribution in [0.1, 0.15) is 25.8 Å². The molecule has 0 aliphatic heterocycles. The van der Waals surface area contributed by atoms with Gasteiger partial charge in [-0.3, -0.25) is 14.4 Å². The van der Waals surface area contributed by atoms with Crippen LogP contribution in [-0.4, -0.2) is 92.4 Å². The molecule has 9 N–H and O–H groups in total. The van der Waals surface area contributed by atoms with E-state index in [0.29, 0.717) is 17.7 Å². The molecule has 0 radical (unpaired) electrons. The summed E-state index contributed by atoms with van der Waals surface area (Å²) in [5.41, 5.74) is 7.33. The average molecular weight is 538 g/mol. The van der Waals surface area contributed by atoms with E-state index >= 15 is 0 Å². The van der Waals surface area contributed by atoms with Crippen molar-refractivity contribution < 1.29 is 34.5 Å². The van der Waals surface area contributed by atoms with Gasteiger partial charge in [-0.25, -0.2) is 4.79 Å². The van der Waals surface area contributed by atoms with Gasteiger partial charge in [0, 0.05) is 23.5 Å². The standard InChI is InChI=1S/C24H35N5O7S/c1-12(30)19(28-21(32)16(25)8-9-37-3)23(34)27-18(22(33)29-20(13(2)31)24(35)36)10-14-11-26-17-7-5-4-6-15(14)17/h4-7,11-13,16,18-20,26,30-31H,8-10,25H2,1-3H3,(H,27,34)(H,28,32)(H,29,33)(H,35,36). The second kappa shape index (κ2) is 14.0. The molecule has 12 nitrogen and oxygen atoms in total. The van der Waals surface area contributed by atoms with Crippen molar-refractivity contribution >= 4 is 46.4 Å². The molecule has 37 heavy (non-hydrogen) atoms. The van der Waals surface area contributed by atoms with Crippen molar-refractivity contribution in [1.82, 2.24) is 20.9 Å². The Morgan fingerprint density at radius 2 is 1.59 bits per heavy atom. The first-order valence-electron chi connectivity index (χ1n) is 11.8. The predicted octanol–water partition coefficient (Wildman–Crippen LogP) is -0.909. The predicted molar refractivity (Wildman–Crippen MR) is 140 cm³/mol. The zero-order valence-corrected chi connectivity index (χ0v) is 21.7. The molecule has 0 aliphatic rings. The number of nitrogens with two attached hydrogens (primary N) is 1. The van der Waals surface area contributed by atoms with E-state index in [0.717, 1.165) is 10.9 Å². The molecule has 1 aromatic carbocycles. The fourth-order valence-corrected chi connectivity index (χ4v) is 4.16. The summed E-state index contributed by atoms with van der Waals surface area (Å²) in [5, 5.41) is 37.3. The number of carbonyl (C=O) groups is 4. The minimum absolute atomic E-state index is 0.0402. The van der Waals surface area contributed by atoms with Crippen LogP contribution >= 0.6 is 11.8 Å². The van der Waals surface area contributed by atoms with E-state index in [2.05, 4.69) is 20.9 Å². The van der Waals surface area contributed by atoms with E-state index in [1.165, 1.54) is 25.6 Å². The first kappa shape index (κ1) is 30.1. The molecule has 204 valence electrons. The molecule has 0 fully saturated rings. The third kappa shape index (κ3) is 8.45. The van der Waals surface area contributed by atoms with Crippen LogP contribution < -0.4 is 21.7 Å². The van der Waals surface area contributed by atoms with Gasteiger partial charge in [0.05, 0.1) is 18.2 Å². The second-order valence-corrected chi connectivity index (χ2v) is 9.79. The molecule has 0 bridgehead atoms. The number of aliphatic carboxylic acids is 1. The number of benzene rings is 1. The zero-order valence-electron chi connectivity index (χ0n) is 20.9. The number of aliphatic hydroxyl groups is 2. The fraction of sp³-hybridized carbons (Fsp3) is 0.500. The highest BCUT2D eigenvalue weighted by Gasteiger charge is 2.33. The minimum Gasteiger partial charge on any atom is -0.480 e. The number of carboxylic acids is 1. The molecule has 2 aromatic rings. The van der Waals surface area contributed by atoms with Gasteiger partial charge in [-0.2, -0.15) is 11.8 Å². The molecule has 0 aliphatic carbocycles. The van der Waals surface area contributed by atoms with Gasteiger partial charge in [-0.05, 0) is 43.9 Å². The third-order valence-corrected chi connectivity index (χ3v) is 6.45. The van der Waals surface area contributed by atoms with Gasteiger partial charge in [0.1, 0.15) is 12.1 Å². The maximum Gasteiger partial charge on any atom is 0.328 e. The topological polar surface area (TPSA) is 207 Å². The monoisotopic (exact) mass is 537 g/mol. The van der Waals surface area contributed by atoms with Crippen LogP contribution in [-0.2, 0) is 25.6 Å². The summed E-state index contributed by atoms with van der Waals surface area (Å²) in [6.45, 7) is 2.52. The molecule has 0 spiro atoms. The van der Waals surface area contributed by atoms with Crippen LogP contribution in [0.5, 0.6) is 0 Å².